The van der Waals surface area contributed by atoms with E-state index in [2.05, 4.69) is 27.4 Å². The second kappa shape index (κ2) is 5.43. The fourth-order valence-corrected chi connectivity index (χ4v) is 3.40. The van der Waals surface area contributed by atoms with E-state index in [0.29, 0.717) is 12.5 Å². The van der Waals surface area contributed by atoms with Crippen LogP contribution >= 0.6 is 27.3 Å². The molecule has 2 rings (SSSR count). The summed E-state index contributed by atoms with van der Waals surface area (Å²) in [6, 6.07) is 2.08. The number of halogens is 1. The van der Waals surface area contributed by atoms with Gasteiger partial charge in [-0.1, -0.05) is 0 Å². The van der Waals surface area contributed by atoms with Crippen molar-refractivity contribution in [3.63, 3.8) is 0 Å². The summed E-state index contributed by atoms with van der Waals surface area (Å²) in [4.78, 5) is 1.24. The van der Waals surface area contributed by atoms with Gasteiger partial charge < -0.3 is 9.84 Å². The first-order valence-electron chi connectivity index (χ1n) is 5.24. The standard InChI is InChI=1S/C11H15BrO2S/c12-9-4-10(15-7-9)5-11(13)8-2-1-3-14-6-8/h4,7-8,11,13H,1-3,5-6H2. The van der Waals surface area contributed by atoms with Crippen molar-refractivity contribution >= 4 is 27.3 Å². The van der Waals surface area contributed by atoms with E-state index in [9.17, 15) is 5.11 Å². The minimum absolute atomic E-state index is 0.254. The maximum atomic E-state index is 10.0. The van der Waals surface area contributed by atoms with Crippen LogP contribution in [-0.4, -0.2) is 24.4 Å². The smallest absolute Gasteiger partial charge is 0.0638 e. The minimum atomic E-state index is -0.254. The quantitative estimate of drug-likeness (QED) is 0.928. The second-order valence-electron chi connectivity index (χ2n) is 3.98. The van der Waals surface area contributed by atoms with Crippen LogP contribution in [0.1, 0.15) is 17.7 Å². The van der Waals surface area contributed by atoms with Crippen LogP contribution in [0.4, 0.5) is 0 Å². The number of aliphatic hydroxyl groups excluding tert-OH is 1. The van der Waals surface area contributed by atoms with Gasteiger partial charge in [-0.15, -0.1) is 11.3 Å². The van der Waals surface area contributed by atoms with Crippen LogP contribution in [0, 0.1) is 5.92 Å². The SMILES string of the molecule is OC(Cc1cc(Br)cs1)C1CCCOC1. The number of hydrogen-bond acceptors (Lipinski definition) is 3. The minimum Gasteiger partial charge on any atom is -0.392 e. The van der Waals surface area contributed by atoms with Crippen molar-refractivity contribution < 1.29 is 9.84 Å². The van der Waals surface area contributed by atoms with E-state index < -0.39 is 0 Å². The molecule has 0 spiro atoms. The summed E-state index contributed by atoms with van der Waals surface area (Å²) < 4.78 is 6.49. The van der Waals surface area contributed by atoms with Crippen molar-refractivity contribution in [2.75, 3.05) is 13.2 Å². The van der Waals surface area contributed by atoms with Crippen LogP contribution in [0.3, 0.4) is 0 Å². The molecule has 0 aliphatic carbocycles. The highest BCUT2D eigenvalue weighted by Crippen LogP contribution is 2.25. The Morgan fingerprint density at radius 2 is 2.53 bits per heavy atom. The lowest BCUT2D eigenvalue weighted by Gasteiger charge is -2.26. The van der Waals surface area contributed by atoms with E-state index in [1.165, 1.54) is 4.88 Å². The lowest BCUT2D eigenvalue weighted by Crippen LogP contribution is -2.30. The zero-order chi connectivity index (χ0) is 10.7. The first-order chi connectivity index (χ1) is 7.25. The number of thiophene rings is 1. The molecular weight excluding hydrogens is 276 g/mol. The van der Waals surface area contributed by atoms with Gasteiger partial charge in [-0.3, -0.25) is 0 Å². The molecule has 0 aromatic carbocycles. The topological polar surface area (TPSA) is 29.5 Å². The molecule has 0 bridgehead atoms. The molecule has 84 valence electrons. The highest BCUT2D eigenvalue weighted by Gasteiger charge is 2.22. The normalized spacial score (nSPS) is 24.0. The molecule has 0 radical (unpaired) electrons. The van der Waals surface area contributed by atoms with Crippen LogP contribution in [0.5, 0.6) is 0 Å². The van der Waals surface area contributed by atoms with Gasteiger partial charge >= 0.3 is 0 Å². The van der Waals surface area contributed by atoms with E-state index in [-0.39, 0.29) is 6.10 Å². The molecule has 0 saturated carbocycles. The third-order valence-corrected chi connectivity index (χ3v) is 4.49. The predicted octanol–water partition coefficient (Wildman–Crippen LogP) is 2.84. The van der Waals surface area contributed by atoms with Crippen molar-refractivity contribution in [3.05, 3.63) is 20.8 Å². The number of ether oxygens (including phenoxy) is 1. The van der Waals surface area contributed by atoms with Gasteiger partial charge in [0.05, 0.1) is 12.7 Å². The van der Waals surface area contributed by atoms with Crippen molar-refractivity contribution in [1.29, 1.82) is 0 Å². The lowest BCUT2D eigenvalue weighted by molar-refractivity contribution is -0.00820. The Balaban J connectivity index is 1.88. The van der Waals surface area contributed by atoms with Crippen LogP contribution in [0.25, 0.3) is 0 Å². The van der Waals surface area contributed by atoms with Gasteiger partial charge in [-0.25, -0.2) is 0 Å². The van der Waals surface area contributed by atoms with Gasteiger partial charge in [0, 0.05) is 33.7 Å². The van der Waals surface area contributed by atoms with Gasteiger partial charge in [0.2, 0.25) is 0 Å². The molecular formula is C11H15BrO2S. The molecule has 1 aliphatic rings. The van der Waals surface area contributed by atoms with Gasteiger partial charge in [-0.05, 0) is 34.8 Å². The van der Waals surface area contributed by atoms with E-state index in [1.807, 2.05) is 0 Å². The molecule has 2 atom stereocenters. The summed E-state index contributed by atoms with van der Waals surface area (Å²) in [5.41, 5.74) is 0. The lowest BCUT2D eigenvalue weighted by atomic mass is 9.93. The summed E-state index contributed by atoms with van der Waals surface area (Å²) in [7, 11) is 0. The molecule has 2 unspecified atom stereocenters. The summed E-state index contributed by atoms with van der Waals surface area (Å²) in [6.07, 6.45) is 2.67. The molecule has 1 aromatic heterocycles. The van der Waals surface area contributed by atoms with Crippen LogP contribution in [0.2, 0.25) is 0 Å². The molecule has 15 heavy (non-hydrogen) atoms. The zero-order valence-electron chi connectivity index (χ0n) is 8.49. The maximum absolute atomic E-state index is 10.0. The van der Waals surface area contributed by atoms with Crippen LogP contribution in [0.15, 0.2) is 15.9 Å². The van der Waals surface area contributed by atoms with E-state index in [1.54, 1.807) is 11.3 Å². The fourth-order valence-electron chi connectivity index (χ4n) is 1.90. The van der Waals surface area contributed by atoms with Crippen molar-refractivity contribution in [1.82, 2.24) is 0 Å². The molecule has 1 aromatic rings. The summed E-state index contributed by atoms with van der Waals surface area (Å²) >= 11 is 5.12. The van der Waals surface area contributed by atoms with E-state index in [4.69, 9.17) is 4.74 Å². The average molecular weight is 291 g/mol. The Kier molecular flexibility index (Phi) is 4.20. The van der Waals surface area contributed by atoms with Gasteiger partial charge in [-0.2, -0.15) is 0 Å². The molecule has 2 nitrogen and oxygen atoms in total. The first kappa shape index (κ1) is 11.6. The second-order valence-corrected chi connectivity index (χ2v) is 5.89. The largest absolute Gasteiger partial charge is 0.392 e. The fraction of sp³-hybridized carbons (Fsp3) is 0.636. The summed E-state index contributed by atoms with van der Waals surface area (Å²) in [6.45, 7) is 1.57. The predicted molar refractivity (Wildman–Crippen MR) is 65.3 cm³/mol. The highest BCUT2D eigenvalue weighted by atomic mass is 79.9. The van der Waals surface area contributed by atoms with Crippen molar-refractivity contribution in [3.8, 4) is 0 Å². The third kappa shape index (κ3) is 3.28. The Hall–Kier alpha value is 0.1000. The Morgan fingerprint density at radius 1 is 1.67 bits per heavy atom. The van der Waals surface area contributed by atoms with Gasteiger partial charge in [0.1, 0.15) is 0 Å². The molecule has 1 saturated heterocycles. The number of aliphatic hydroxyl groups is 1. The highest BCUT2D eigenvalue weighted by molar-refractivity contribution is 9.10. The molecule has 2 heterocycles. The monoisotopic (exact) mass is 290 g/mol. The maximum Gasteiger partial charge on any atom is 0.0638 e. The molecule has 1 aliphatic heterocycles. The molecule has 1 fully saturated rings. The summed E-state index contributed by atoms with van der Waals surface area (Å²) in [5.74, 6) is 0.319. The Labute approximate surface area is 102 Å². The third-order valence-electron chi connectivity index (χ3n) is 2.77. The van der Waals surface area contributed by atoms with E-state index in [0.717, 1.165) is 30.3 Å². The Morgan fingerprint density at radius 3 is 3.13 bits per heavy atom. The molecule has 4 heteroatoms. The average Bonchev–Trinajstić information content (AvgIpc) is 2.65. The zero-order valence-corrected chi connectivity index (χ0v) is 10.9. The first-order valence-corrected chi connectivity index (χ1v) is 6.91. The molecule has 1 N–H and O–H groups in total. The van der Waals surface area contributed by atoms with Crippen LogP contribution < -0.4 is 0 Å². The summed E-state index contributed by atoms with van der Waals surface area (Å²) in [5, 5.41) is 12.1. The number of hydrogen-bond donors (Lipinski definition) is 1. The van der Waals surface area contributed by atoms with Crippen molar-refractivity contribution in [2.45, 2.75) is 25.4 Å². The van der Waals surface area contributed by atoms with Crippen LogP contribution in [-0.2, 0) is 11.2 Å². The van der Waals surface area contributed by atoms with Gasteiger partial charge in [0.15, 0.2) is 0 Å². The van der Waals surface area contributed by atoms with E-state index >= 15 is 0 Å². The number of rotatable bonds is 3. The molecule has 0 amide bonds. The Bertz CT molecular complexity index is 307. The van der Waals surface area contributed by atoms with Crippen molar-refractivity contribution in [2.24, 2.45) is 5.92 Å². The van der Waals surface area contributed by atoms with Gasteiger partial charge in [0.25, 0.3) is 0 Å².